The molecule has 16 heavy (non-hydrogen) atoms. The Kier molecular flexibility index (Phi) is 3.74. The third kappa shape index (κ3) is 3.37. The molecular formula is C10H11F4NO. The summed E-state index contributed by atoms with van der Waals surface area (Å²) in [4.78, 5) is 0. The molecule has 1 aromatic carbocycles. The van der Waals surface area contributed by atoms with E-state index in [0.717, 1.165) is 12.1 Å². The first-order valence-corrected chi connectivity index (χ1v) is 4.49. The monoisotopic (exact) mass is 237 g/mol. The molecule has 0 aromatic heterocycles. The average molecular weight is 237 g/mol. The van der Waals surface area contributed by atoms with Crippen molar-refractivity contribution in [3.63, 3.8) is 0 Å². The Labute approximate surface area is 90.0 Å². The number of alkyl halides is 3. The van der Waals surface area contributed by atoms with Crippen LogP contribution >= 0.6 is 0 Å². The number of benzene rings is 1. The second kappa shape index (κ2) is 4.69. The average Bonchev–Trinajstić information content (AvgIpc) is 2.14. The van der Waals surface area contributed by atoms with Gasteiger partial charge in [-0.05, 0) is 6.07 Å². The number of ether oxygens (including phenoxy) is 1. The maximum absolute atomic E-state index is 12.8. The lowest BCUT2D eigenvalue weighted by Gasteiger charge is -2.17. The Morgan fingerprint density at radius 3 is 2.50 bits per heavy atom. The quantitative estimate of drug-likeness (QED) is 0.820. The molecule has 2 N–H and O–H groups in total. The van der Waals surface area contributed by atoms with Crippen molar-refractivity contribution in [1.29, 1.82) is 0 Å². The van der Waals surface area contributed by atoms with Gasteiger partial charge in [-0.2, -0.15) is 13.2 Å². The maximum atomic E-state index is 12.8. The molecule has 1 rings (SSSR count). The van der Waals surface area contributed by atoms with Gasteiger partial charge in [0, 0.05) is 17.7 Å². The van der Waals surface area contributed by atoms with E-state index in [1.54, 1.807) is 0 Å². The van der Waals surface area contributed by atoms with E-state index < -0.39 is 24.5 Å². The second-order valence-electron chi connectivity index (χ2n) is 3.31. The highest BCUT2D eigenvalue weighted by atomic mass is 19.4. The molecule has 0 unspecified atom stereocenters. The van der Waals surface area contributed by atoms with Gasteiger partial charge in [0.1, 0.15) is 11.6 Å². The van der Waals surface area contributed by atoms with Gasteiger partial charge in [0.05, 0.1) is 13.5 Å². The summed E-state index contributed by atoms with van der Waals surface area (Å²) in [6, 6.07) is 2.00. The minimum Gasteiger partial charge on any atom is -0.496 e. The Morgan fingerprint density at radius 1 is 1.38 bits per heavy atom. The summed E-state index contributed by atoms with van der Waals surface area (Å²) in [6.45, 7) is 0. The number of nitrogens with two attached hydrogens (primary N) is 1. The number of halogens is 4. The van der Waals surface area contributed by atoms with Crippen LogP contribution in [0.5, 0.6) is 5.75 Å². The van der Waals surface area contributed by atoms with Gasteiger partial charge in [-0.15, -0.1) is 0 Å². The molecule has 0 spiro atoms. The van der Waals surface area contributed by atoms with Gasteiger partial charge in [0.2, 0.25) is 0 Å². The largest absolute Gasteiger partial charge is 0.496 e. The first-order valence-electron chi connectivity index (χ1n) is 4.49. The van der Waals surface area contributed by atoms with Crippen LogP contribution in [0.1, 0.15) is 18.0 Å². The lowest BCUT2D eigenvalue weighted by atomic mass is 10.0. The number of hydrogen-bond acceptors (Lipinski definition) is 2. The zero-order chi connectivity index (χ0) is 12.3. The summed E-state index contributed by atoms with van der Waals surface area (Å²) < 4.78 is 53.9. The van der Waals surface area contributed by atoms with Gasteiger partial charge in [0.15, 0.2) is 0 Å². The molecule has 0 fully saturated rings. The van der Waals surface area contributed by atoms with Gasteiger partial charge in [0.25, 0.3) is 0 Å². The summed E-state index contributed by atoms with van der Waals surface area (Å²) in [5.41, 5.74) is 5.53. The zero-order valence-corrected chi connectivity index (χ0v) is 8.51. The van der Waals surface area contributed by atoms with Crippen LogP contribution in [-0.4, -0.2) is 13.3 Å². The number of hydrogen-bond donors (Lipinski definition) is 1. The maximum Gasteiger partial charge on any atom is 0.390 e. The smallest absolute Gasteiger partial charge is 0.390 e. The molecule has 1 aromatic rings. The molecular weight excluding hydrogens is 226 g/mol. The fourth-order valence-corrected chi connectivity index (χ4v) is 1.35. The molecule has 0 aliphatic heterocycles. The van der Waals surface area contributed by atoms with E-state index in [4.69, 9.17) is 10.5 Å². The highest BCUT2D eigenvalue weighted by Crippen LogP contribution is 2.32. The standard InChI is InChI=1S/C10H11F4NO/c1-16-9-4-6(11)2-3-7(9)8(15)5-10(12,13)14/h2-4,8H,5,15H2,1H3/t8-/m1/s1. The highest BCUT2D eigenvalue weighted by molar-refractivity contribution is 5.36. The molecule has 0 amide bonds. The highest BCUT2D eigenvalue weighted by Gasteiger charge is 2.32. The molecule has 0 bridgehead atoms. The van der Waals surface area contributed by atoms with E-state index in [1.807, 2.05) is 0 Å². The Bertz CT molecular complexity index is 364. The van der Waals surface area contributed by atoms with Gasteiger partial charge < -0.3 is 10.5 Å². The van der Waals surface area contributed by atoms with Crippen molar-refractivity contribution >= 4 is 0 Å². The Hall–Kier alpha value is -1.30. The molecule has 0 aliphatic rings. The summed E-state index contributed by atoms with van der Waals surface area (Å²) in [6.07, 6.45) is -5.53. The number of rotatable bonds is 3. The molecule has 90 valence electrons. The Balaban J connectivity index is 2.94. The predicted octanol–water partition coefficient (Wildman–Crippen LogP) is 2.79. The van der Waals surface area contributed by atoms with Gasteiger partial charge in [-0.25, -0.2) is 4.39 Å². The van der Waals surface area contributed by atoms with Crippen molar-refractivity contribution in [3.8, 4) is 5.75 Å². The summed E-state index contributed by atoms with van der Waals surface area (Å²) >= 11 is 0. The van der Waals surface area contributed by atoms with Crippen molar-refractivity contribution in [1.82, 2.24) is 0 Å². The molecule has 0 radical (unpaired) electrons. The Morgan fingerprint density at radius 2 is 2.00 bits per heavy atom. The van der Waals surface area contributed by atoms with E-state index in [-0.39, 0.29) is 11.3 Å². The SMILES string of the molecule is COc1cc(F)ccc1[C@H](N)CC(F)(F)F. The van der Waals surface area contributed by atoms with Crippen molar-refractivity contribution in [3.05, 3.63) is 29.6 Å². The van der Waals surface area contributed by atoms with Crippen LogP contribution in [0.2, 0.25) is 0 Å². The molecule has 2 nitrogen and oxygen atoms in total. The van der Waals surface area contributed by atoms with Crippen LogP contribution in [0.15, 0.2) is 18.2 Å². The minimum absolute atomic E-state index is 0.0248. The lowest BCUT2D eigenvalue weighted by Crippen LogP contribution is -2.20. The van der Waals surface area contributed by atoms with E-state index in [9.17, 15) is 17.6 Å². The molecule has 1 atom stereocenters. The normalized spacial score (nSPS) is 13.6. The van der Waals surface area contributed by atoms with Crippen LogP contribution in [0.25, 0.3) is 0 Å². The second-order valence-corrected chi connectivity index (χ2v) is 3.31. The van der Waals surface area contributed by atoms with Gasteiger partial charge >= 0.3 is 6.18 Å². The van der Waals surface area contributed by atoms with Crippen molar-refractivity contribution in [2.45, 2.75) is 18.6 Å². The molecule has 6 heteroatoms. The van der Waals surface area contributed by atoms with Gasteiger partial charge in [-0.3, -0.25) is 0 Å². The third-order valence-electron chi connectivity index (χ3n) is 2.05. The fourth-order valence-electron chi connectivity index (χ4n) is 1.35. The van der Waals surface area contributed by atoms with Crippen molar-refractivity contribution in [2.75, 3.05) is 7.11 Å². The predicted molar refractivity (Wildman–Crippen MR) is 50.6 cm³/mol. The van der Waals surface area contributed by atoms with Crippen LogP contribution in [-0.2, 0) is 0 Å². The van der Waals surface area contributed by atoms with Crippen LogP contribution in [0, 0.1) is 5.82 Å². The lowest BCUT2D eigenvalue weighted by molar-refractivity contribution is -0.138. The summed E-state index contributed by atoms with van der Waals surface area (Å²) in [7, 11) is 1.25. The van der Waals surface area contributed by atoms with Crippen LogP contribution in [0.3, 0.4) is 0 Å². The van der Waals surface area contributed by atoms with Crippen molar-refractivity contribution in [2.24, 2.45) is 5.73 Å². The van der Waals surface area contributed by atoms with Gasteiger partial charge in [-0.1, -0.05) is 6.07 Å². The summed E-state index contributed by atoms with van der Waals surface area (Å²) in [5, 5.41) is 0. The third-order valence-corrected chi connectivity index (χ3v) is 2.05. The van der Waals surface area contributed by atoms with E-state index >= 15 is 0 Å². The van der Waals surface area contributed by atoms with E-state index in [2.05, 4.69) is 0 Å². The fraction of sp³-hybridized carbons (Fsp3) is 0.400. The van der Waals surface area contributed by atoms with Crippen LogP contribution in [0.4, 0.5) is 17.6 Å². The van der Waals surface area contributed by atoms with Crippen LogP contribution < -0.4 is 10.5 Å². The van der Waals surface area contributed by atoms with E-state index in [0.29, 0.717) is 0 Å². The molecule has 0 saturated heterocycles. The first-order chi connectivity index (χ1) is 7.33. The van der Waals surface area contributed by atoms with E-state index in [1.165, 1.54) is 13.2 Å². The van der Waals surface area contributed by atoms with Crippen molar-refractivity contribution < 1.29 is 22.3 Å². The molecule has 0 heterocycles. The first kappa shape index (κ1) is 12.8. The zero-order valence-electron chi connectivity index (χ0n) is 8.51. The molecule has 0 aliphatic carbocycles. The number of methoxy groups -OCH3 is 1. The summed E-state index contributed by atoms with van der Waals surface area (Å²) in [5.74, 6) is -0.559. The minimum atomic E-state index is -4.36. The molecule has 0 saturated carbocycles. The topological polar surface area (TPSA) is 35.2 Å².